The Bertz CT molecular complexity index is 632. The SMILES string of the molecule is COc1ccc(CNCc2ccncc2C)cc1C#N. The lowest BCUT2D eigenvalue weighted by molar-refractivity contribution is 0.413. The summed E-state index contributed by atoms with van der Waals surface area (Å²) in [6.07, 6.45) is 3.66. The number of benzene rings is 1. The van der Waals surface area contributed by atoms with Gasteiger partial charge in [-0.05, 0) is 41.8 Å². The highest BCUT2D eigenvalue weighted by molar-refractivity contribution is 5.45. The maximum absolute atomic E-state index is 9.06. The number of methoxy groups -OCH3 is 1. The zero-order valence-electron chi connectivity index (χ0n) is 11.7. The molecule has 0 atom stereocenters. The standard InChI is InChI=1S/C16H17N3O/c1-12-9-18-6-5-14(12)11-19-10-13-3-4-16(20-2)15(7-13)8-17/h3-7,9,19H,10-11H2,1-2H3. The topological polar surface area (TPSA) is 57.9 Å². The highest BCUT2D eigenvalue weighted by atomic mass is 16.5. The molecule has 0 spiro atoms. The largest absolute Gasteiger partial charge is 0.495 e. The summed E-state index contributed by atoms with van der Waals surface area (Å²) in [7, 11) is 1.57. The summed E-state index contributed by atoms with van der Waals surface area (Å²) in [5.41, 5.74) is 4.03. The molecule has 0 amide bonds. The number of nitrogens with zero attached hydrogens (tertiary/aromatic N) is 2. The summed E-state index contributed by atoms with van der Waals surface area (Å²) in [4.78, 5) is 4.08. The maximum atomic E-state index is 9.06. The number of pyridine rings is 1. The van der Waals surface area contributed by atoms with Crippen molar-refractivity contribution in [3.63, 3.8) is 0 Å². The van der Waals surface area contributed by atoms with Crippen molar-refractivity contribution in [2.45, 2.75) is 20.0 Å². The zero-order valence-corrected chi connectivity index (χ0v) is 11.7. The fourth-order valence-corrected chi connectivity index (χ4v) is 1.99. The van der Waals surface area contributed by atoms with Gasteiger partial charge in [-0.15, -0.1) is 0 Å². The van der Waals surface area contributed by atoms with E-state index in [0.29, 0.717) is 17.9 Å². The van der Waals surface area contributed by atoms with Crippen molar-refractivity contribution in [2.24, 2.45) is 0 Å². The van der Waals surface area contributed by atoms with Crippen molar-refractivity contribution in [1.29, 1.82) is 5.26 Å². The molecule has 0 unspecified atom stereocenters. The average Bonchev–Trinajstić information content (AvgIpc) is 2.49. The third-order valence-electron chi connectivity index (χ3n) is 3.17. The lowest BCUT2D eigenvalue weighted by atomic mass is 10.1. The van der Waals surface area contributed by atoms with Crippen LogP contribution in [0.15, 0.2) is 36.7 Å². The molecule has 0 bridgehead atoms. The molecule has 4 nitrogen and oxygen atoms in total. The lowest BCUT2D eigenvalue weighted by Crippen LogP contribution is -2.13. The molecule has 0 aliphatic heterocycles. The minimum Gasteiger partial charge on any atom is -0.495 e. The summed E-state index contributed by atoms with van der Waals surface area (Å²) in [6.45, 7) is 3.54. The third kappa shape index (κ3) is 3.34. The van der Waals surface area contributed by atoms with E-state index >= 15 is 0 Å². The number of nitrogens with one attached hydrogen (secondary N) is 1. The number of rotatable bonds is 5. The molecular formula is C16H17N3O. The number of hydrogen-bond donors (Lipinski definition) is 1. The third-order valence-corrected chi connectivity index (χ3v) is 3.17. The number of aromatic nitrogens is 1. The van der Waals surface area contributed by atoms with Gasteiger partial charge in [0.15, 0.2) is 0 Å². The van der Waals surface area contributed by atoms with Gasteiger partial charge in [0, 0.05) is 25.5 Å². The molecule has 0 fully saturated rings. The smallest absolute Gasteiger partial charge is 0.136 e. The Morgan fingerprint density at radius 3 is 2.85 bits per heavy atom. The molecule has 0 saturated heterocycles. The molecule has 0 radical (unpaired) electrons. The monoisotopic (exact) mass is 267 g/mol. The molecule has 0 aliphatic carbocycles. The molecule has 0 saturated carbocycles. The number of ether oxygens (including phenoxy) is 1. The lowest BCUT2D eigenvalue weighted by Gasteiger charge is -2.09. The minimum absolute atomic E-state index is 0.562. The van der Waals surface area contributed by atoms with Crippen LogP contribution in [0.4, 0.5) is 0 Å². The van der Waals surface area contributed by atoms with Crippen molar-refractivity contribution in [3.8, 4) is 11.8 Å². The second kappa shape index (κ2) is 6.69. The molecule has 4 heteroatoms. The Balaban J connectivity index is 1.98. The van der Waals surface area contributed by atoms with Crippen LogP contribution in [0.3, 0.4) is 0 Å². The highest BCUT2D eigenvalue weighted by Crippen LogP contribution is 2.18. The Kier molecular flexibility index (Phi) is 4.70. The predicted octanol–water partition coefficient (Wildman–Crippen LogP) is 2.56. The molecule has 2 rings (SSSR count). The molecule has 1 N–H and O–H groups in total. The van der Waals surface area contributed by atoms with E-state index in [9.17, 15) is 0 Å². The Morgan fingerprint density at radius 2 is 2.15 bits per heavy atom. The molecule has 0 aliphatic rings. The van der Waals surface area contributed by atoms with Gasteiger partial charge in [-0.25, -0.2) is 0 Å². The molecule has 2 aromatic rings. The molecule has 1 heterocycles. The second-order valence-corrected chi connectivity index (χ2v) is 4.55. The van der Waals surface area contributed by atoms with E-state index in [-0.39, 0.29) is 0 Å². The molecule has 20 heavy (non-hydrogen) atoms. The van der Waals surface area contributed by atoms with E-state index in [0.717, 1.165) is 12.1 Å². The van der Waals surface area contributed by atoms with Crippen molar-refractivity contribution in [3.05, 3.63) is 58.9 Å². The molecule has 1 aromatic carbocycles. The van der Waals surface area contributed by atoms with Crippen LogP contribution in [0.25, 0.3) is 0 Å². The van der Waals surface area contributed by atoms with Crippen molar-refractivity contribution in [1.82, 2.24) is 10.3 Å². The van der Waals surface area contributed by atoms with Gasteiger partial charge in [-0.3, -0.25) is 4.98 Å². The number of hydrogen-bond acceptors (Lipinski definition) is 4. The van der Waals surface area contributed by atoms with Gasteiger partial charge in [0.2, 0.25) is 0 Å². The van der Waals surface area contributed by atoms with Crippen molar-refractivity contribution < 1.29 is 4.74 Å². The first-order valence-corrected chi connectivity index (χ1v) is 6.42. The van der Waals surface area contributed by atoms with E-state index < -0.39 is 0 Å². The number of nitriles is 1. The summed E-state index contributed by atoms with van der Waals surface area (Å²) in [5, 5.41) is 12.4. The normalized spacial score (nSPS) is 10.1. The predicted molar refractivity (Wildman–Crippen MR) is 77.2 cm³/mol. The van der Waals surface area contributed by atoms with Gasteiger partial charge in [0.05, 0.1) is 12.7 Å². The highest BCUT2D eigenvalue weighted by Gasteiger charge is 2.04. The molecule has 102 valence electrons. The van der Waals surface area contributed by atoms with Gasteiger partial charge >= 0.3 is 0 Å². The van der Waals surface area contributed by atoms with Crippen LogP contribution >= 0.6 is 0 Å². The van der Waals surface area contributed by atoms with Crippen LogP contribution < -0.4 is 10.1 Å². The number of aryl methyl sites for hydroxylation is 1. The Morgan fingerprint density at radius 1 is 1.30 bits per heavy atom. The molecule has 1 aromatic heterocycles. The van der Waals surface area contributed by atoms with Crippen LogP contribution in [0.1, 0.15) is 22.3 Å². The first-order chi connectivity index (χ1) is 9.74. The Hall–Kier alpha value is -2.38. The maximum Gasteiger partial charge on any atom is 0.136 e. The summed E-state index contributed by atoms with van der Waals surface area (Å²) < 4.78 is 5.13. The average molecular weight is 267 g/mol. The van der Waals surface area contributed by atoms with Crippen molar-refractivity contribution in [2.75, 3.05) is 7.11 Å². The van der Waals surface area contributed by atoms with Gasteiger partial charge < -0.3 is 10.1 Å². The van der Waals surface area contributed by atoms with Gasteiger partial charge in [0.1, 0.15) is 11.8 Å². The molecular weight excluding hydrogens is 250 g/mol. The Labute approximate surface area is 119 Å². The summed E-state index contributed by atoms with van der Waals surface area (Å²) in [6, 6.07) is 9.80. The fourth-order valence-electron chi connectivity index (χ4n) is 1.99. The first-order valence-electron chi connectivity index (χ1n) is 6.42. The van der Waals surface area contributed by atoms with Crippen molar-refractivity contribution >= 4 is 0 Å². The fraction of sp³-hybridized carbons (Fsp3) is 0.250. The van der Waals surface area contributed by atoms with Gasteiger partial charge in [-0.2, -0.15) is 5.26 Å². The van der Waals surface area contributed by atoms with E-state index in [1.54, 1.807) is 13.3 Å². The second-order valence-electron chi connectivity index (χ2n) is 4.55. The zero-order chi connectivity index (χ0) is 14.4. The van der Waals surface area contributed by atoms with Crippen LogP contribution in [0, 0.1) is 18.3 Å². The van der Waals surface area contributed by atoms with E-state index in [1.807, 2.05) is 37.4 Å². The van der Waals surface area contributed by atoms with E-state index in [4.69, 9.17) is 10.00 Å². The van der Waals surface area contributed by atoms with Gasteiger partial charge in [0.25, 0.3) is 0 Å². The van der Waals surface area contributed by atoms with E-state index in [1.165, 1.54) is 11.1 Å². The van der Waals surface area contributed by atoms with Crippen LogP contribution in [0.2, 0.25) is 0 Å². The summed E-state index contributed by atoms with van der Waals surface area (Å²) in [5.74, 6) is 0.612. The van der Waals surface area contributed by atoms with Crippen LogP contribution in [-0.4, -0.2) is 12.1 Å². The van der Waals surface area contributed by atoms with Gasteiger partial charge in [-0.1, -0.05) is 6.07 Å². The minimum atomic E-state index is 0.562. The van der Waals surface area contributed by atoms with E-state index in [2.05, 4.69) is 16.4 Å². The van der Waals surface area contributed by atoms with Crippen LogP contribution in [-0.2, 0) is 13.1 Å². The first kappa shape index (κ1) is 14.0. The summed E-state index contributed by atoms with van der Waals surface area (Å²) >= 11 is 0. The van der Waals surface area contributed by atoms with Crippen LogP contribution in [0.5, 0.6) is 5.75 Å². The quantitative estimate of drug-likeness (QED) is 0.904.